The van der Waals surface area contributed by atoms with Crippen molar-refractivity contribution in [2.24, 2.45) is 0 Å². The van der Waals surface area contributed by atoms with Gasteiger partial charge in [-0.25, -0.2) is 0 Å². The summed E-state index contributed by atoms with van der Waals surface area (Å²) in [7, 11) is 0. The van der Waals surface area contributed by atoms with Crippen LogP contribution in [0.5, 0.6) is 0 Å². The van der Waals surface area contributed by atoms with Crippen LogP contribution in [0.4, 0.5) is 6.01 Å². The van der Waals surface area contributed by atoms with Crippen LogP contribution in [-0.4, -0.2) is 16.1 Å². The van der Waals surface area contributed by atoms with Gasteiger partial charge in [-0.05, 0) is 18.2 Å². The second-order valence-corrected chi connectivity index (χ2v) is 3.54. The average molecular weight is 238 g/mol. The first kappa shape index (κ1) is 10.6. The third kappa shape index (κ3) is 2.38. The highest BCUT2D eigenvalue weighted by molar-refractivity contribution is 6.30. The van der Waals surface area contributed by atoms with Crippen molar-refractivity contribution in [1.82, 2.24) is 10.2 Å². The maximum Gasteiger partial charge on any atom is 0.322 e. The fourth-order valence-corrected chi connectivity index (χ4v) is 1.35. The Morgan fingerprint density at radius 2 is 2.25 bits per heavy atom. The van der Waals surface area contributed by atoms with Gasteiger partial charge >= 0.3 is 6.01 Å². The molecule has 1 aromatic carbocycles. The third-order valence-electron chi connectivity index (χ3n) is 1.78. The Labute approximate surface area is 96.4 Å². The molecule has 0 aliphatic heterocycles. The highest BCUT2D eigenvalue weighted by Gasteiger charge is 2.09. The predicted molar refractivity (Wildman–Crippen MR) is 59.0 cm³/mol. The van der Waals surface area contributed by atoms with Gasteiger partial charge in [0, 0.05) is 17.5 Å². The van der Waals surface area contributed by atoms with Crippen LogP contribution in [0.1, 0.15) is 6.92 Å². The van der Waals surface area contributed by atoms with Crippen LogP contribution in [0, 0.1) is 0 Å². The van der Waals surface area contributed by atoms with E-state index in [9.17, 15) is 4.79 Å². The van der Waals surface area contributed by atoms with E-state index in [0.29, 0.717) is 16.5 Å². The van der Waals surface area contributed by atoms with E-state index in [1.165, 1.54) is 6.92 Å². The molecule has 0 spiro atoms. The van der Waals surface area contributed by atoms with Gasteiger partial charge in [-0.1, -0.05) is 22.8 Å². The smallest absolute Gasteiger partial charge is 0.322 e. The van der Waals surface area contributed by atoms with Crippen molar-refractivity contribution >= 4 is 23.5 Å². The number of rotatable bonds is 2. The molecular formula is C10H8ClN3O2. The molecule has 0 fully saturated rings. The lowest BCUT2D eigenvalue weighted by Crippen LogP contribution is -2.05. The molecule has 0 unspecified atom stereocenters. The van der Waals surface area contributed by atoms with Crippen molar-refractivity contribution in [3.8, 4) is 11.5 Å². The summed E-state index contributed by atoms with van der Waals surface area (Å²) in [6.07, 6.45) is 0. The lowest BCUT2D eigenvalue weighted by atomic mass is 10.2. The minimum atomic E-state index is -0.263. The Bertz CT molecular complexity index is 524. The second kappa shape index (κ2) is 4.32. The molecule has 2 rings (SSSR count). The van der Waals surface area contributed by atoms with Crippen molar-refractivity contribution in [3.63, 3.8) is 0 Å². The van der Waals surface area contributed by atoms with E-state index in [-0.39, 0.29) is 11.9 Å². The van der Waals surface area contributed by atoms with E-state index in [2.05, 4.69) is 15.5 Å². The van der Waals surface area contributed by atoms with E-state index in [0.717, 1.165) is 0 Å². The minimum Gasteiger partial charge on any atom is -0.403 e. The van der Waals surface area contributed by atoms with Gasteiger partial charge < -0.3 is 4.42 Å². The molecule has 1 amide bonds. The van der Waals surface area contributed by atoms with Gasteiger partial charge in [0.05, 0.1) is 0 Å². The molecular weight excluding hydrogens is 230 g/mol. The molecule has 0 radical (unpaired) electrons. The van der Waals surface area contributed by atoms with Gasteiger partial charge in [0.25, 0.3) is 0 Å². The van der Waals surface area contributed by atoms with Crippen LogP contribution < -0.4 is 5.32 Å². The van der Waals surface area contributed by atoms with Gasteiger partial charge in [0.15, 0.2) is 0 Å². The number of carbonyl (C=O) groups excluding carboxylic acids is 1. The maximum absolute atomic E-state index is 10.8. The molecule has 0 aliphatic rings. The highest BCUT2D eigenvalue weighted by atomic mass is 35.5. The van der Waals surface area contributed by atoms with Gasteiger partial charge in [-0.3, -0.25) is 10.1 Å². The van der Waals surface area contributed by atoms with Crippen LogP contribution in [-0.2, 0) is 4.79 Å². The summed E-state index contributed by atoms with van der Waals surface area (Å²) in [5.41, 5.74) is 0.705. The Hall–Kier alpha value is -1.88. The number of aromatic nitrogens is 2. The molecule has 0 aliphatic carbocycles. The first-order valence-corrected chi connectivity index (χ1v) is 4.90. The SMILES string of the molecule is CC(=O)Nc1nnc(-c2cccc(Cl)c2)o1. The van der Waals surface area contributed by atoms with Gasteiger partial charge in [-0.15, -0.1) is 5.10 Å². The number of anilines is 1. The van der Waals surface area contributed by atoms with Crippen molar-refractivity contribution in [3.05, 3.63) is 29.3 Å². The van der Waals surface area contributed by atoms with E-state index in [4.69, 9.17) is 16.0 Å². The molecule has 1 heterocycles. The fourth-order valence-electron chi connectivity index (χ4n) is 1.16. The fraction of sp³-hybridized carbons (Fsp3) is 0.100. The summed E-state index contributed by atoms with van der Waals surface area (Å²) in [6, 6.07) is 7.09. The lowest BCUT2D eigenvalue weighted by Gasteiger charge is -1.95. The zero-order valence-corrected chi connectivity index (χ0v) is 9.15. The molecule has 82 valence electrons. The quantitative estimate of drug-likeness (QED) is 0.871. The van der Waals surface area contributed by atoms with E-state index in [1.54, 1.807) is 24.3 Å². The molecule has 5 nitrogen and oxygen atoms in total. The Morgan fingerprint density at radius 3 is 2.94 bits per heavy atom. The number of benzene rings is 1. The van der Waals surface area contributed by atoms with Crippen LogP contribution in [0.3, 0.4) is 0 Å². The molecule has 2 aromatic rings. The van der Waals surface area contributed by atoms with Gasteiger partial charge in [0.1, 0.15) is 0 Å². The first-order valence-electron chi connectivity index (χ1n) is 4.52. The summed E-state index contributed by atoms with van der Waals surface area (Å²) in [6.45, 7) is 1.36. The number of carbonyl (C=O) groups is 1. The van der Waals surface area contributed by atoms with Crippen LogP contribution in [0.15, 0.2) is 28.7 Å². The van der Waals surface area contributed by atoms with Crippen LogP contribution in [0.25, 0.3) is 11.5 Å². The summed E-state index contributed by atoms with van der Waals surface area (Å²) in [4.78, 5) is 10.8. The molecule has 6 heteroatoms. The van der Waals surface area contributed by atoms with Crippen molar-refractivity contribution < 1.29 is 9.21 Å². The van der Waals surface area contributed by atoms with E-state index in [1.807, 2.05) is 0 Å². The second-order valence-electron chi connectivity index (χ2n) is 3.10. The Morgan fingerprint density at radius 1 is 1.44 bits per heavy atom. The third-order valence-corrected chi connectivity index (χ3v) is 2.01. The molecule has 0 saturated heterocycles. The standard InChI is InChI=1S/C10H8ClN3O2/c1-6(15)12-10-14-13-9(16-10)7-3-2-4-8(11)5-7/h2-5H,1H3,(H,12,14,15). The molecule has 0 atom stereocenters. The molecule has 1 N–H and O–H groups in total. The minimum absolute atomic E-state index is 0.0717. The van der Waals surface area contributed by atoms with E-state index < -0.39 is 0 Å². The number of hydrogen-bond acceptors (Lipinski definition) is 4. The number of halogens is 1. The maximum atomic E-state index is 10.8. The predicted octanol–water partition coefficient (Wildman–Crippen LogP) is 2.35. The lowest BCUT2D eigenvalue weighted by molar-refractivity contribution is -0.114. The highest BCUT2D eigenvalue weighted by Crippen LogP contribution is 2.22. The van der Waals surface area contributed by atoms with Crippen LogP contribution >= 0.6 is 11.6 Å². The monoisotopic (exact) mass is 237 g/mol. The summed E-state index contributed by atoms with van der Waals surface area (Å²) in [5, 5.41) is 10.4. The average Bonchev–Trinajstić information content (AvgIpc) is 2.65. The number of amides is 1. The molecule has 0 saturated carbocycles. The summed E-state index contributed by atoms with van der Waals surface area (Å²) >= 11 is 5.83. The largest absolute Gasteiger partial charge is 0.403 e. The first-order chi connectivity index (χ1) is 7.65. The van der Waals surface area contributed by atoms with Gasteiger partial charge in [-0.2, -0.15) is 0 Å². The van der Waals surface area contributed by atoms with Gasteiger partial charge in [0.2, 0.25) is 11.8 Å². The topological polar surface area (TPSA) is 68.0 Å². The molecule has 0 bridgehead atoms. The molecule has 16 heavy (non-hydrogen) atoms. The zero-order valence-electron chi connectivity index (χ0n) is 8.40. The number of nitrogens with one attached hydrogen (secondary N) is 1. The van der Waals surface area contributed by atoms with Crippen LogP contribution in [0.2, 0.25) is 5.02 Å². The van der Waals surface area contributed by atoms with E-state index >= 15 is 0 Å². The Kier molecular flexibility index (Phi) is 2.87. The van der Waals surface area contributed by atoms with Crippen molar-refractivity contribution in [1.29, 1.82) is 0 Å². The Balaban J connectivity index is 2.28. The number of nitrogens with zero attached hydrogens (tertiary/aromatic N) is 2. The summed E-state index contributed by atoms with van der Waals surface area (Å²) in [5.74, 6) is 0.0487. The zero-order chi connectivity index (χ0) is 11.5. The normalized spacial score (nSPS) is 10.1. The van der Waals surface area contributed by atoms with Crippen molar-refractivity contribution in [2.75, 3.05) is 5.32 Å². The summed E-state index contributed by atoms with van der Waals surface area (Å²) < 4.78 is 5.22. The van der Waals surface area contributed by atoms with Crippen molar-refractivity contribution in [2.45, 2.75) is 6.92 Å². The molecule has 1 aromatic heterocycles. The number of hydrogen-bond donors (Lipinski definition) is 1.